The molecule has 0 saturated carbocycles. The van der Waals surface area contributed by atoms with Gasteiger partial charge in [-0.1, -0.05) is 18.2 Å². The van der Waals surface area contributed by atoms with E-state index >= 15 is 0 Å². The normalized spacial score (nSPS) is 21.1. The summed E-state index contributed by atoms with van der Waals surface area (Å²) in [6.45, 7) is 0.413. The Morgan fingerprint density at radius 2 is 1.86 bits per heavy atom. The molecule has 2 aliphatic rings. The molecule has 1 aliphatic carbocycles. The number of allylic oxidation sites excluding steroid dienone is 2. The average molecular weight is 377 g/mol. The van der Waals surface area contributed by atoms with Gasteiger partial charge in [0.25, 0.3) is 0 Å². The number of carbonyl (C=O) groups excluding carboxylic acids is 1. The standard InChI is InChI=1S/C22H23N3O3/c1-27-19-10-9-16(12-20(19)28-2)21-17-7-3-4-8-18(17)22(26)25(24-21)14-15-6-5-11-23-13-15/h3-6,9-13,17-18H,7-8,14H2,1-2H3/t17-,18+/m1/s1. The maximum atomic E-state index is 13.1. The molecule has 0 unspecified atom stereocenters. The van der Waals surface area contributed by atoms with Crippen LogP contribution in [0.2, 0.25) is 0 Å². The molecule has 144 valence electrons. The molecule has 0 saturated heterocycles. The Bertz CT molecular complexity index is 924. The van der Waals surface area contributed by atoms with Crippen molar-refractivity contribution in [3.63, 3.8) is 0 Å². The van der Waals surface area contributed by atoms with Crippen molar-refractivity contribution in [3.8, 4) is 11.5 Å². The van der Waals surface area contributed by atoms with E-state index in [9.17, 15) is 4.79 Å². The Kier molecular flexibility index (Phi) is 5.10. The van der Waals surface area contributed by atoms with E-state index in [1.165, 1.54) is 0 Å². The lowest BCUT2D eigenvalue weighted by molar-refractivity contribution is -0.138. The van der Waals surface area contributed by atoms with E-state index in [0.29, 0.717) is 18.0 Å². The molecule has 0 N–H and O–H groups in total. The molecule has 0 bridgehead atoms. The summed E-state index contributed by atoms with van der Waals surface area (Å²) in [5, 5.41) is 6.37. The van der Waals surface area contributed by atoms with E-state index in [1.807, 2.05) is 30.3 Å². The van der Waals surface area contributed by atoms with Crippen LogP contribution in [0.3, 0.4) is 0 Å². The molecule has 2 aromatic rings. The van der Waals surface area contributed by atoms with Gasteiger partial charge in [-0.2, -0.15) is 5.10 Å². The highest BCUT2D eigenvalue weighted by molar-refractivity contribution is 6.07. The first-order valence-electron chi connectivity index (χ1n) is 9.37. The van der Waals surface area contributed by atoms with Crippen molar-refractivity contribution >= 4 is 11.6 Å². The summed E-state index contributed by atoms with van der Waals surface area (Å²) in [7, 11) is 3.24. The third-order valence-corrected chi connectivity index (χ3v) is 5.32. The molecule has 1 aromatic carbocycles. The second kappa shape index (κ2) is 7.84. The van der Waals surface area contributed by atoms with Gasteiger partial charge in [-0.05, 0) is 42.7 Å². The Hall–Kier alpha value is -3.15. The van der Waals surface area contributed by atoms with E-state index in [-0.39, 0.29) is 17.7 Å². The Labute approximate surface area is 164 Å². The smallest absolute Gasteiger partial charge is 0.247 e. The maximum Gasteiger partial charge on any atom is 0.247 e. The van der Waals surface area contributed by atoms with Crippen LogP contribution in [0.25, 0.3) is 0 Å². The number of ether oxygens (including phenoxy) is 2. The number of amides is 1. The van der Waals surface area contributed by atoms with Gasteiger partial charge in [0.05, 0.1) is 32.4 Å². The van der Waals surface area contributed by atoms with Crippen molar-refractivity contribution in [3.05, 3.63) is 66.0 Å². The topological polar surface area (TPSA) is 64.0 Å². The lowest BCUT2D eigenvalue weighted by Crippen LogP contribution is -2.45. The van der Waals surface area contributed by atoms with Gasteiger partial charge in [0.2, 0.25) is 5.91 Å². The van der Waals surface area contributed by atoms with E-state index in [2.05, 4.69) is 17.1 Å². The fourth-order valence-corrected chi connectivity index (χ4v) is 3.88. The van der Waals surface area contributed by atoms with Crippen molar-refractivity contribution in [2.45, 2.75) is 19.4 Å². The van der Waals surface area contributed by atoms with Crippen LogP contribution in [0.4, 0.5) is 0 Å². The van der Waals surface area contributed by atoms with E-state index in [4.69, 9.17) is 14.6 Å². The highest BCUT2D eigenvalue weighted by Gasteiger charge is 2.40. The van der Waals surface area contributed by atoms with Gasteiger partial charge < -0.3 is 9.47 Å². The molecule has 2 atom stereocenters. The second-order valence-electron chi connectivity index (χ2n) is 6.97. The van der Waals surface area contributed by atoms with Crippen molar-refractivity contribution in [1.82, 2.24) is 9.99 Å². The molecule has 6 nitrogen and oxygen atoms in total. The molecule has 0 fully saturated rings. The number of hydrogen-bond acceptors (Lipinski definition) is 5. The van der Waals surface area contributed by atoms with Crippen LogP contribution in [0, 0.1) is 11.8 Å². The van der Waals surface area contributed by atoms with Gasteiger partial charge in [0, 0.05) is 23.9 Å². The predicted octanol–water partition coefficient (Wildman–Crippen LogP) is 3.43. The van der Waals surface area contributed by atoms with Crippen LogP contribution in [0.5, 0.6) is 11.5 Å². The molecule has 0 spiro atoms. The number of hydrazone groups is 1. The molecule has 0 radical (unpaired) electrons. The zero-order valence-electron chi connectivity index (χ0n) is 16.0. The molecular weight excluding hydrogens is 354 g/mol. The van der Waals surface area contributed by atoms with Gasteiger partial charge in [0.15, 0.2) is 11.5 Å². The van der Waals surface area contributed by atoms with Gasteiger partial charge in [-0.3, -0.25) is 9.78 Å². The number of methoxy groups -OCH3 is 2. The number of carbonyl (C=O) groups is 1. The van der Waals surface area contributed by atoms with E-state index in [0.717, 1.165) is 29.7 Å². The van der Waals surface area contributed by atoms with E-state index < -0.39 is 0 Å². The largest absolute Gasteiger partial charge is 0.493 e. The molecule has 1 amide bonds. The Morgan fingerprint density at radius 1 is 1.07 bits per heavy atom. The van der Waals surface area contributed by atoms with Crippen molar-refractivity contribution in [1.29, 1.82) is 0 Å². The Balaban J connectivity index is 1.74. The molecule has 4 rings (SSSR count). The van der Waals surface area contributed by atoms with Crippen molar-refractivity contribution in [2.24, 2.45) is 16.9 Å². The van der Waals surface area contributed by atoms with Gasteiger partial charge in [0.1, 0.15) is 0 Å². The number of pyridine rings is 1. The summed E-state index contributed by atoms with van der Waals surface area (Å²) in [5.41, 5.74) is 2.82. The van der Waals surface area contributed by atoms with Crippen LogP contribution in [0.1, 0.15) is 24.0 Å². The number of hydrogen-bond donors (Lipinski definition) is 0. The third kappa shape index (κ3) is 3.38. The van der Waals surface area contributed by atoms with Crippen molar-refractivity contribution in [2.75, 3.05) is 14.2 Å². The molecule has 1 aliphatic heterocycles. The molecular formula is C22H23N3O3. The SMILES string of the molecule is COc1ccc(C2=NN(Cc3cccnc3)C(=O)[C@H]3CC=CC[C@@H]23)cc1OC. The minimum atomic E-state index is -0.0951. The fourth-order valence-electron chi connectivity index (χ4n) is 3.88. The average Bonchev–Trinajstić information content (AvgIpc) is 2.76. The molecule has 1 aromatic heterocycles. The van der Waals surface area contributed by atoms with Gasteiger partial charge >= 0.3 is 0 Å². The summed E-state index contributed by atoms with van der Waals surface area (Å²) in [6, 6.07) is 9.62. The monoisotopic (exact) mass is 377 g/mol. The highest BCUT2D eigenvalue weighted by Crippen LogP contribution is 2.37. The van der Waals surface area contributed by atoms with Gasteiger partial charge in [-0.15, -0.1) is 0 Å². The fraction of sp³-hybridized carbons (Fsp3) is 0.318. The van der Waals surface area contributed by atoms with Crippen LogP contribution in [0.15, 0.2) is 60.0 Å². The van der Waals surface area contributed by atoms with Crippen LogP contribution in [-0.4, -0.2) is 35.8 Å². The number of aromatic nitrogens is 1. The van der Waals surface area contributed by atoms with E-state index in [1.54, 1.807) is 31.6 Å². The first-order chi connectivity index (χ1) is 13.7. The number of nitrogens with zero attached hydrogens (tertiary/aromatic N) is 3. The molecule has 6 heteroatoms. The highest BCUT2D eigenvalue weighted by atomic mass is 16.5. The number of fused-ring (bicyclic) bond motifs is 1. The molecule has 28 heavy (non-hydrogen) atoms. The van der Waals surface area contributed by atoms with Crippen LogP contribution >= 0.6 is 0 Å². The summed E-state index contributed by atoms with van der Waals surface area (Å²) in [6.07, 6.45) is 9.28. The summed E-state index contributed by atoms with van der Waals surface area (Å²) in [4.78, 5) is 17.2. The summed E-state index contributed by atoms with van der Waals surface area (Å²) in [5.74, 6) is 1.37. The second-order valence-corrected chi connectivity index (χ2v) is 6.97. The predicted molar refractivity (Wildman–Crippen MR) is 106 cm³/mol. The minimum absolute atomic E-state index is 0.0701. The van der Waals surface area contributed by atoms with Gasteiger partial charge in [-0.25, -0.2) is 5.01 Å². The maximum absolute atomic E-state index is 13.1. The number of rotatable bonds is 5. The summed E-state index contributed by atoms with van der Waals surface area (Å²) >= 11 is 0. The molecule has 2 heterocycles. The lowest BCUT2D eigenvalue weighted by Gasteiger charge is -2.37. The quantitative estimate of drug-likeness (QED) is 0.749. The first-order valence-corrected chi connectivity index (χ1v) is 9.37. The minimum Gasteiger partial charge on any atom is -0.493 e. The zero-order chi connectivity index (χ0) is 19.5. The zero-order valence-corrected chi connectivity index (χ0v) is 16.0. The number of benzene rings is 1. The third-order valence-electron chi connectivity index (χ3n) is 5.32. The summed E-state index contributed by atoms with van der Waals surface area (Å²) < 4.78 is 10.8. The van der Waals surface area contributed by atoms with Crippen LogP contribution < -0.4 is 9.47 Å². The van der Waals surface area contributed by atoms with Crippen LogP contribution in [-0.2, 0) is 11.3 Å². The Morgan fingerprint density at radius 3 is 2.57 bits per heavy atom. The lowest BCUT2D eigenvalue weighted by atomic mass is 9.76. The first kappa shape index (κ1) is 18.2. The van der Waals surface area contributed by atoms with Crippen molar-refractivity contribution < 1.29 is 14.3 Å².